The van der Waals surface area contributed by atoms with E-state index in [2.05, 4.69) is 4.98 Å². The van der Waals surface area contributed by atoms with Gasteiger partial charge in [-0.25, -0.2) is 4.98 Å². The van der Waals surface area contributed by atoms with Gasteiger partial charge in [0.15, 0.2) is 5.82 Å². The molecular formula is C12H8Cl3N3O3. The standard InChI is InChI=1S/C12H8Cl3N3O3/c13-12(14,15)10(19)11-16-5-6-17(11)7-8-3-1-2-4-9(8)18(20)21/h1-6H,7H2. The lowest BCUT2D eigenvalue weighted by atomic mass is 10.2. The van der Waals surface area contributed by atoms with Crippen LogP contribution in [0.1, 0.15) is 16.2 Å². The highest BCUT2D eigenvalue weighted by Crippen LogP contribution is 2.30. The number of carbonyl (C=O) groups is 1. The molecule has 0 radical (unpaired) electrons. The fourth-order valence-electron chi connectivity index (χ4n) is 1.78. The quantitative estimate of drug-likeness (QED) is 0.367. The van der Waals surface area contributed by atoms with Gasteiger partial charge >= 0.3 is 0 Å². The third-order valence-electron chi connectivity index (χ3n) is 2.71. The van der Waals surface area contributed by atoms with Gasteiger partial charge in [0, 0.05) is 24.0 Å². The maximum Gasteiger partial charge on any atom is 0.274 e. The Morgan fingerprint density at radius 2 is 2.00 bits per heavy atom. The molecule has 1 heterocycles. The fraction of sp³-hybridized carbons (Fsp3) is 0.167. The number of nitro groups is 1. The molecule has 110 valence electrons. The monoisotopic (exact) mass is 347 g/mol. The summed E-state index contributed by atoms with van der Waals surface area (Å²) in [6.07, 6.45) is 2.85. The van der Waals surface area contributed by atoms with Gasteiger partial charge in [0.05, 0.1) is 11.5 Å². The van der Waals surface area contributed by atoms with Crippen LogP contribution in [0.5, 0.6) is 0 Å². The minimum Gasteiger partial charge on any atom is -0.324 e. The Balaban J connectivity index is 2.37. The van der Waals surface area contributed by atoms with Crippen LogP contribution >= 0.6 is 34.8 Å². The highest BCUT2D eigenvalue weighted by atomic mass is 35.6. The van der Waals surface area contributed by atoms with Crippen molar-refractivity contribution >= 4 is 46.3 Å². The molecule has 0 fully saturated rings. The van der Waals surface area contributed by atoms with Gasteiger partial charge in [-0.3, -0.25) is 14.9 Å². The van der Waals surface area contributed by atoms with Gasteiger partial charge in [0.2, 0.25) is 5.78 Å². The molecule has 0 amide bonds. The average Bonchev–Trinajstić information content (AvgIpc) is 2.85. The van der Waals surface area contributed by atoms with Crippen LogP contribution in [0.25, 0.3) is 0 Å². The first kappa shape index (κ1) is 15.8. The van der Waals surface area contributed by atoms with E-state index in [4.69, 9.17) is 34.8 Å². The molecule has 0 aliphatic heterocycles. The maximum absolute atomic E-state index is 11.9. The molecule has 0 aliphatic rings. The molecule has 0 saturated heterocycles. The molecule has 2 rings (SSSR count). The maximum atomic E-state index is 11.9. The molecule has 9 heteroatoms. The van der Waals surface area contributed by atoms with E-state index in [1.54, 1.807) is 18.2 Å². The highest BCUT2D eigenvalue weighted by Gasteiger charge is 2.34. The lowest BCUT2D eigenvalue weighted by molar-refractivity contribution is -0.385. The molecule has 0 spiro atoms. The first-order valence-corrected chi connectivity index (χ1v) is 6.79. The molecule has 0 atom stereocenters. The van der Waals surface area contributed by atoms with Crippen LogP contribution < -0.4 is 0 Å². The smallest absolute Gasteiger partial charge is 0.274 e. The van der Waals surface area contributed by atoms with E-state index in [9.17, 15) is 14.9 Å². The first-order valence-electron chi connectivity index (χ1n) is 5.65. The summed E-state index contributed by atoms with van der Waals surface area (Å²) in [5, 5.41) is 11.0. The van der Waals surface area contributed by atoms with Crippen LogP contribution in [-0.2, 0) is 6.54 Å². The van der Waals surface area contributed by atoms with Crippen molar-refractivity contribution in [3.05, 3.63) is 58.2 Å². The molecule has 2 aromatic rings. The number of imidazole rings is 1. The van der Waals surface area contributed by atoms with E-state index in [0.717, 1.165) is 0 Å². The van der Waals surface area contributed by atoms with Crippen molar-refractivity contribution in [3.8, 4) is 0 Å². The van der Waals surface area contributed by atoms with Crippen LogP contribution in [-0.4, -0.2) is 24.1 Å². The molecule has 0 unspecified atom stereocenters. The molecule has 0 N–H and O–H groups in total. The van der Waals surface area contributed by atoms with Crippen LogP contribution in [0.15, 0.2) is 36.7 Å². The Bertz CT molecular complexity index is 694. The number of rotatable bonds is 4. The minimum absolute atomic E-state index is 0.0570. The number of nitrogens with zero attached hydrogens (tertiary/aromatic N) is 3. The van der Waals surface area contributed by atoms with Crippen LogP contribution in [0.3, 0.4) is 0 Å². The van der Waals surface area contributed by atoms with Crippen molar-refractivity contribution < 1.29 is 9.72 Å². The SMILES string of the molecule is O=C(c1nccn1Cc1ccccc1[N+](=O)[O-])C(Cl)(Cl)Cl. The first-order chi connectivity index (χ1) is 9.80. The number of benzene rings is 1. The predicted octanol–water partition coefficient (Wildman–Crippen LogP) is 3.39. The number of alkyl halides is 3. The summed E-state index contributed by atoms with van der Waals surface area (Å²) in [6, 6.07) is 6.18. The van der Waals surface area contributed by atoms with E-state index in [1.807, 2.05) is 0 Å². The van der Waals surface area contributed by atoms with Gasteiger partial charge in [0.25, 0.3) is 9.48 Å². The van der Waals surface area contributed by atoms with E-state index < -0.39 is 14.5 Å². The zero-order chi connectivity index (χ0) is 15.6. The summed E-state index contributed by atoms with van der Waals surface area (Å²) in [5.74, 6) is -0.871. The summed E-state index contributed by atoms with van der Waals surface area (Å²) in [4.78, 5) is 26.3. The number of hydrogen-bond donors (Lipinski definition) is 0. The Hall–Kier alpha value is -1.63. The van der Waals surface area contributed by atoms with Crippen molar-refractivity contribution in [3.63, 3.8) is 0 Å². The number of ketones is 1. The second-order valence-electron chi connectivity index (χ2n) is 4.09. The van der Waals surface area contributed by atoms with E-state index >= 15 is 0 Å². The van der Waals surface area contributed by atoms with Gasteiger partial charge in [0.1, 0.15) is 0 Å². The van der Waals surface area contributed by atoms with Crippen molar-refractivity contribution in [2.75, 3.05) is 0 Å². The summed E-state index contributed by atoms with van der Waals surface area (Å²) >= 11 is 16.7. The average molecular weight is 349 g/mol. The Morgan fingerprint density at radius 1 is 1.33 bits per heavy atom. The number of halogens is 3. The second kappa shape index (κ2) is 6.01. The van der Waals surface area contributed by atoms with Crippen molar-refractivity contribution in [1.29, 1.82) is 0 Å². The summed E-state index contributed by atoms with van der Waals surface area (Å²) in [6.45, 7) is 0.0684. The summed E-state index contributed by atoms with van der Waals surface area (Å²) < 4.78 is -0.738. The predicted molar refractivity (Wildman–Crippen MR) is 79.0 cm³/mol. The number of carbonyl (C=O) groups excluding carboxylic acids is 1. The third-order valence-corrected chi connectivity index (χ3v) is 3.22. The number of para-hydroxylation sites is 1. The molecule has 1 aromatic carbocycles. The Kier molecular flexibility index (Phi) is 4.51. The molecular weight excluding hydrogens is 341 g/mol. The van der Waals surface area contributed by atoms with Crippen LogP contribution in [0.4, 0.5) is 5.69 Å². The number of aromatic nitrogens is 2. The largest absolute Gasteiger partial charge is 0.324 e. The lowest BCUT2D eigenvalue weighted by Crippen LogP contribution is -2.23. The Morgan fingerprint density at radius 3 is 2.62 bits per heavy atom. The fourth-order valence-corrected chi connectivity index (χ4v) is 2.03. The molecule has 21 heavy (non-hydrogen) atoms. The zero-order valence-electron chi connectivity index (χ0n) is 10.4. The molecule has 0 saturated carbocycles. The Labute approximate surface area is 134 Å². The molecule has 6 nitrogen and oxygen atoms in total. The summed E-state index contributed by atoms with van der Waals surface area (Å²) in [7, 11) is 0. The third kappa shape index (κ3) is 3.53. The van der Waals surface area contributed by atoms with Gasteiger partial charge in [-0.2, -0.15) is 0 Å². The zero-order valence-corrected chi connectivity index (χ0v) is 12.6. The highest BCUT2D eigenvalue weighted by molar-refractivity contribution is 6.77. The lowest BCUT2D eigenvalue weighted by Gasteiger charge is -2.11. The van der Waals surface area contributed by atoms with E-state index in [1.165, 1.54) is 23.0 Å². The summed E-state index contributed by atoms with van der Waals surface area (Å²) in [5.41, 5.74) is 0.359. The van der Waals surface area contributed by atoms with Crippen LogP contribution in [0, 0.1) is 10.1 Å². The molecule has 0 bridgehead atoms. The van der Waals surface area contributed by atoms with Gasteiger partial charge < -0.3 is 4.57 Å². The minimum atomic E-state index is -2.13. The topological polar surface area (TPSA) is 78.0 Å². The van der Waals surface area contributed by atoms with Crippen molar-refractivity contribution in [1.82, 2.24) is 9.55 Å². The van der Waals surface area contributed by atoms with Crippen LogP contribution in [0.2, 0.25) is 0 Å². The molecule has 0 aliphatic carbocycles. The number of Topliss-reactive ketones (excluding diaryl/α,β-unsaturated/α-hetero) is 1. The molecule has 1 aromatic heterocycles. The number of hydrogen-bond acceptors (Lipinski definition) is 4. The van der Waals surface area contributed by atoms with Crippen molar-refractivity contribution in [2.24, 2.45) is 0 Å². The normalized spacial score (nSPS) is 11.4. The van der Waals surface area contributed by atoms with E-state index in [-0.39, 0.29) is 18.1 Å². The van der Waals surface area contributed by atoms with Gasteiger partial charge in [-0.15, -0.1) is 0 Å². The van der Waals surface area contributed by atoms with E-state index in [0.29, 0.717) is 5.56 Å². The second-order valence-corrected chi connectivity index (χ2v) is 6.37. The van der Waals surface area contributed by atoms with Crippen molar-refractivity contribution in [2.45, 2.75) is 10.3 Å². The van der Waals surface area contributed by atoms with Gasteiger partial charge in [-0.1, -0.05) is 53.0 Å². The number of nitro benzene ring substituents is 1. The van der Waals surface area contributed by atoms with Gasteiger partial charge in [-0.05, 0) is 0 Å².